The number of rotatable bonds is 8. The van der Waals surface area contributed by atoms with Crippen molar-refractivity contribution in [1.82, 2.24) is 4.31 Å². The van der Waals surface area contributed by atoms with E-state index in [0.717, 1.165) is 12.8 Å². The highest BCUT2D eigenvalue weighted by atomic mass is 32.2. The molecule has 0 atom stereocenters. The molecular weight excluding hydrogens is 458 g/mol. The van der Waals surface area contributed by atoms with Crippen molar-refractivity contribution in [2.75, 3.05) is 30.3 Å². The first-order chi connectivity index (χ1) is 16.4. The highest BCUT2D eigenvalue weighted by Gasteiger charge is 2.30. The normalized spacial score (nSPS) is 14.0. The average molecular weight is 484 g/mol. The molecule has 9 nitrogen and oxygen atoms in total. The van der Waals surface area contributed by atoms with Gasteiger partial charge in [0, 0.05) is 18.8 Å². The Hall–Kier alpha value is -3.63. The number of carbonyl (C=O) groups excluding carboxylic acids is 2. The van der Waals surface area contributed by atoms with E-state index in [1.807, 2.05) is 0 Å². The molecule has 1 aliphatic heterocycles. The summed E-state index contributed by atoms with van der Waals surface area (Å²) in [4.78, 5) is 25.4. The molecule has 1 saturated heterocycles. The molecule has 10 heteroatoms. The Morgan fingerprint density at radius 2 is 1.76 bits per heavy atom. The van der Waals surface area contributed by atoms with Gasteiger partial charge in [-0.1, -0.05) is 12.1 Å². The van der Waals surface area contributed by atoms with Gasteiger partial charge in [0.05, 0.1) is 24.1 Å². The lowest BCUT2D eigenvalue weighted by Gasteiger charge is -2.19. The van der Waals surface area contributed by atoms with E-state index in [2.05, 4.69) is 10.6 Å². The van der Waals surface area contributed by atoms with E-state index in [-0.39, 0.29) is 27.7 Å². The third-order valence-corrected chi connectivity index (χ3v) is 7.27. The maximum absolute atomic E-state index is 13.2. The van der Waals surface area contributed by atoms with Crippen LogP contribution < -0.4 is 15.4 Å². The first-order valence-electron chi connectivity index (χ1n) is 10.9. The van der Waals surface area contributed by atoms with Crippen molar-refractivity contribution >= 4 is 33.2 Å². The zero-order valence-corrected chi connectivity index (χ0v) is 19.4. The summed E-state index contributed by atoms with van der Waals surface area (Å²) in [6.07, 6.45) is 2.99. The highest BCUT2D eigenvalue weighted by Crippen LogP contribution is 2.32. The van der Waals surface area contributed by atoms with Crippen molar-refractivity contribution in [3.63, 3.8) is 0 Å². The lowest BCUT2D eigenvalue weighted by Crippen LogP contribution is -2.28. The monoisotopic (exact) mass is 483 g/mol. The number of nitrogens with zero attached hydrogens (tertiary/aromatic N) is 1. The highest BCUT2D eigenvalue weighted by molar-refractivity contribution is 7.89. The Morgan fingerprint density at radius 3 is 2.47 bits per heavy atom. The minimum absolute atomic E-state index is 0.00783. The van der Waals surface area contributed by atoms with E-state index >= 15 is 0 Å². The molecule has 3 aromatic rings. The summed E-state index contributed by atoms with van der Waals surface area (Å²) in [6.45, 7) is 2.98. The van der Waals surface area contributed by atoms with E-state index < -0.39 is 21.8 Å². The van der Waals surface area contributed by atoms with Gasteiger partial charge in [0.15, 0.2) is 5.76 Å². The maximum atomic E-state index is 13.2. The second kappa shape index (κ2) is 10.1. The van der Waals surface area contributed by atoms with Crippen LogP contribution in [0.15, 0.2) is 70.2 Å². The maximum Gasteiger partial charge on any atom is 0.291 e. The quantitative estimate of drug-likeness (QED) is 0.501. The van der Waals surface area contributed by atoms with Gasteiger partial charge >= 0.3 is 0 Å². The molecule has 0 spiro atoms. The molecule has 0 radical (unpaired) electrons. The van der Waals surface area contributed by atoms with Crippen LogP contribution in [0.2, 0.25) is 0 Å². The first kappa shape index (κ1) is 23.5. The van der Waals surface area contributed by atoms with E-state index in [1.165, 1.54) is 28.8 Å². The number of hydrogen-bond acceptors (Lipinski definition) is 6. The van der Waals surface area contributed by atoms with Gasteiger partial charge in [-0.25, -0.2) is 8.42 Å². The Labute approximate surface area is 197 Å². The number of nitrogens with one attached hydrogen (secondary N) is 2. The van der Waals surface area contributed by atoms with Crippen LogP contribution in [0.1, 0.15) is 40.7 Å². The molecule has 178 valence electrons. The van der Waals surface area contributed by atoms with Crippen molar-refractivity contribution in [1.29, 1.82) is 0 Å². The van der Waals surface area contributed by atoms with E-state index in [1.54, 1.807) is 43.3 Å². The van der Waals surface area contributed by atoms with Crippen LogP contribution in [0.5, 0.6) is 5.75 Å². The fourth-order valence-corrected chi connectivity index (χ4v) is 5.38. The number of amides is 2. The summed E-state index contributed by atoms with van der Waals surface area (Å²) >= 11 is 0. The number of benzene rings is 2. The second-order valence-corrected chi connectivity index (χ2v) is 9.54. The van der Waals surface area contributed by atoms with Crippen LogP contribution in [-0.4, -0.2) is 44.2 Å². The lowest BCUT2D eigenvalue weighted by atomic mass is 10.1. The number of ether oxygens (including phenoxy) is 1. The van der Waals surface area contributed by atoms with Crippen LogP contribution in [0, 0.1) is 0 Å². The molecule has 4 rings (SSSR count). The summed E-state index contributed by atoms with van der Waals surface area (Å²) in [5.74, 6) is -0.661. The molecule has 2 N–H and O–H groups in total. The van der Waals surface area contributed by atoms with E-state index in [4.69, 9.17) is 9.15 Å². The van der Waals surface area contributed by atoms with Gasteiger partial charge in [-0.15, -0.1) is 0 Å². The van der Waals surface area contributed by atoms with Gasteiger partial charge in [-0.05, 0) is 62.2 Å². The minimum atomic E-state index is -3.77. The number of furan rings is 1. The second-order valence-electron chi connectivity index (χ2n) is 7.64. The largest absolute Gasteiger partial charge is 0.492 e. The van der Waals surface area contributed by atoms with Crippen LogP contribution in [0.4, 0.5) is 11.4 Å². The molecule has 1 fully saturated rings. The summed E-state index contributed by atoms with van der Waals surface area (Å²) in [5.41, 5.74) is 0.788. The zero-order valence-electron chi connectivity index (χ0n) is 18.6. The summed E-state index contributed by atoms with van der Waals surface area (Å²) in [5, 5.41) is 5.39. The predicted octanol–water partition coefficient (Wildman–Crippen LogP) is 3.97. The summed E-state index contributed by atoms with van der Waals surface area (Å²) in [6, 6.07) is 14.1. The van der Waals surface area contributed by atoms with Gasteiger partial charge < -0.3 is 19.8 Å². The Morgan fingerprint density at radius 1 is 1.00 bits per heavy atom. The topological polar surface area (TPSA) is 118 Å². The van der Waals surface area contributed by atoms with E-state index in [0.29, 0.717) is 25.4 Å². The summed E-state index contributed by atoms with van der Waals surface area (Å²) < 4.78 is 38.5. The van der Waals surface area contributed by atoms with Gasteiger partial charge in [0.2, 0.25) is 10.0 Å². The molecule has 2 amide bonds. The Bertz CT molecular complexity index is 1280. The molecule has 34 heavy (non-hydrogen) atoms. The van der Waals surface area contributed by atoms with Gasteiger partial charge in [-0.3, -0.25) is 9.59 Å². The van der Waals surface area contributed by atoms with Crippen molar-refractivity contribution in [2.45, 2.75) is 24.7 Å². The minimum Gasteiger partial charge on any atom is -0.492 e. The van der Waals surface area contributed by atoms with Crippen molar-refractivity contribution in [3.05, 3.63) is 72.2 Å². The van der Waals surface area contributed by atoms with Gasteiger partial charge in [-0.2, -0.15) is 4.31 Å². The predicted molar refractivity (Wildman–Crippen MR) is 127 cm³/mol. The van der Waals surface area contributed by atoms with Crippen molar-refractivity contribution < 1.29 is 27.2 Å². The number of hydrogen-bond donors (Lipinski definition) is 2. The van der Waals surface area contributed by atoms with Crippen LogP contribution in [0.3, 0.4) is 0 Å². The molecule has 0 bridgehead atoms. The third kappa shape index (κ3) is 4.97. The third-order valence-electron chi connectivity index (χ3n) is 5.35. The average Bonchev–Trinajstić information content (AvgIpc) is 3.55. The Balaban J connectivity index is 1.60. The summed E-state index contributed by atoms with van der Waals surface area (Å²) in [7, 11) is -3.77. The Kier molecular flexibility index (Phi) is 6.99. The van der Waals surface area contributed by atoms with Crippen LogP contribution in [-0.2, 0) is 10.0 Å². The molecule has 2 heterocycles. The number of sulfonamides is 1. The first-order valence-corrected chi connectivity index (χ1v) is 12.4. The molecular formula is C24H25N3O6S. The van der Waals surface area contributed by atoms with Crippen LogP contribution in [0.25, 0.3) is 0 Å². The van der Waals surface area contributed by atoms with Gasteiger partial charge in [0.25, 0.3) is 11.8 Å². The molecule has 0 aliphatic carbocycles. The molecule has 0 saturated carbocycles. The molecule has 2 aromatic carbocycles. The SMILES string of the molecule is CCOc1ccc(NC(=O)c2ccccc2NC(=O)c2ccco2)cc1S(=O)(=O)N1CCCC1. The fraction of sp³-hybridized carbons (Fsp3) is 0.250. The van der Waals surface area contributed by atoms with Gasteiger partial charge in [0.1, 0.15) is 10.6 Å². The standard InChI is InChI=1S/C24H25N3O6S/c1-2-32-20-12-11-17(16-22(20)34(30,31)27-13-5-6-14-27)25-23(28)18-8-3-4-9-19(18)26-24(29)21-10-7-15-33-21/h3-4,7-12,15-16H,2,5-6,13-14H2,1H3,(H,25,28)(H,26,29). The number of para-hydroxylation sites is 1. The van der Waals surface area contributed by atoms with E-state index in [9.17, 15) is 18.0 Å². The number of anilines is 2. The molecule has 0 unspecified atom stereocenters. The van der Waals surface area contributed by atoms with Crippen LogP contribution >= 0.6 is 0 Å². The number of carbonyl (C=O) groups is 2. The zero-order chi connectivity index (χ0) is 24.1. The fourth-order valence-electron chi connectivity index (χ4n) is 3.71. The lowest BCUT2D eigenvalue weighted by molar-refractivity contribution is 0.0996. The molecule has 1 aliphatic rings. The van der Waals surface area contributed by atoms with Crippen molar-refractivity contribution in [3.8, 4) is 5.75 Å². The van der Waals surface area contributed by atoms with Crippen molar-refractivity contribution in [2.24, 2.45) is 0 Å². The molecule has 1 aromatic heterocycles. The smallest absolute Gasteiger partial charge is 0.291 e.